The van der Waals surface area contributed by atoms with E-state index in [1.54, 1.807) is 0 Å². The van der Waals surface area contributed by atoms with Crippen LogP contribution >= 0.6 is 11.6 Å². The molecule has 0 aliphatic rings. The van der Waals surface area contributed by atoms with E-state index in [2.05, 4.69) is 9.47 Å². The summed E-state index contributed by atoms with van der Waals surface area (Å²) in [5.74, 6) is -0.329. The highest BCUT2D eigenvalue weighted by Crippen LogP contribution is 2.22. The lowest BCUT2D eigenvalue weighted by molar-refractivity contribution is -0.0747. The second kappa shape index (κ2) is 5.16. The molecule has 1 rings (SSSR count). The molecular weight excluding hydrogens is 224 g/mol. The Bertz CT molecular complexity index is 346. The first-order chi connectivity index (χ1) is 7.08. The minimum absolute atomic E-state index is 0.0354. The van der Waals surface area contributed by atoms with E-state index >= 15 is 0 Å². The third-order valence-corrected chi connectivity index (χ3v) is 2.00. The van der Waals surface area contributed by atoms with E-state index in [1.165, 1.54) is 20.3 Å². The second-order valence-corrected chi connectivity index (χ2v) is 3.15. The van der Waals surface area contributed by atoms with Crippen LogP contribution in [-0.4, -0.2) is 31.6 Å². The van der Waals surface area contributed by atoms with E-state index < -0.39 is 12.3 Å². The maximum absolute atomic E-state index is 11.3. The maximum Gasteiger partial charge on any atom is 0.341 e. The van der Waals surface area contributed by atoms with Crippen LogP contribution in [0.4, 0.5) is 0 Å². The summed E-state index contributed by atoms with van der Waals surface area (Å²) in [7, 11) is 2.59. The Morgan fingerprint density at radius 1 is 1.67 bits per heavy atom. The molecule has 0 aliphatic heterocycles. The molecule has 0 amide bonds. The molecule has 0 saturated carbocycles. The number of hydrogen-bond donors (Lipinski definition) is 1. The number of methoxy groups -OCH3 is 2. The zero-order valence-corrected chi connectivity index (χ0v) is 9.08. The van der Waals surface area contributed by atoms with Crippen LogP contribution in [0, 0.1) is 0 Å². The van der Waals surface area contributed by atoms with Crippen LogP contribution in [0.15, 0.2) is 10.5 Å². The number of ether oxygens (including phenoxy) is 2. The lowest BCUT2D eigenvalue weighted by Gasteiger charge is -2.06. The average Bonchev–Trinajstić information content (AvgIpc) is 2.58. The van der Waals surface area contributed by atoms with Gasteiger partial charge in [-0.2, -0.15) is 0 Å². The molecule has 1 heterocycles. The van der Waals surface area contributed by atoms with Gasteiger partial charge in [-0.05, 0) is 11.6 Å². The number of carbonyl (C=O) groups excluding carboxylic acids is 1. The summed E-state index contributed by atoms with van der Waals surface area (Å²) in [6.07, 6.45) is -1.01. The van der Waals surface area contributed by atoms with Gasteiger partial charge in [-0.1, -0.05) is 0 Å². The number of aliphatic hydroxyl groups excluding tert-OH is 1. The zero-order valence-electron chi connectivity index (χ0n) is 8.32. The fraction of sp³-hybridized carbons (Fsp3) is 0.444. The summed E-state index contributed by atoms with van der Waals surface area (Å²) in [6, 6.07) is 1.34. The van der Waals surface area contributed by atoms with E-state index in [0.29, 0.717) is 0 Å². The van der Waals surface area contributed by atoms with Crippen molar-refractivity contribution in [3.63, 3.8) is 0 Å². The Labute approximate surface area is 91.5 Å². The van der Waals surface area contributed by atoms with Crippen LogP contribution in [0.5, 0.6) is 0 Å². The molecule has 6 heteroatoms. The number of rotatable bonds is 4. The third-order valence-electron chi connectivity index (χ3n) is 1.82. The Hall–Kier alpha value is -1.04. The quantitative estimate of drug-likeness (QED) is 0.627. The fourth-order valence-electron chi connectivity index (χ4n) is 1.07. The van der Waals surface area contributed by atoms with Gasteiger partial charge in [0.1, 0.15) is 11.3 Å². The van der Waals surface area contributed by atoms with Gasteiger partial charge in [0.25, 0.3) is 0 Å². The predicted molar refractivity (Wildman–Crippen MR) is 51.8 cm³/mol. The van der Waals surface area contributed by atoms with Crippen molar-refractivity contribution in [2.24, 2.45) is 0 Å². The van der Waals surface area contributed by atoms with E-state index in [0.717, 1.165) is 0 Å². The number of furan rings is 1. The standard InChI is InChI=1S/C9H11ClO5/c1-13-8(11)4-6-5(9(12)14-2)3-7(10)15-6/h3,8,11H,4H2,1-2H3. The zero-order chi connectivity index (χ0) is 11.4. The Kier molecular flexibility index (Phi) is 4.14. The monoisotopic (exact) mass is 234 g/mol. The highest BCUT2D eigenvalue weighted by molar-refractivity contribution is 6.29. The van der Waals surface area contributed by atoms with Crippen molar-refractivity contribution in [2.75, 3.05) is 14.2 Å². The molecule has 5 nitrogen and oxygen atoms in total. The summed E-state index contributed by atoms with van der Waals surface area (Å²) < 4.78 is 14.2. The Morgan fingerprint density at radius 2 is 2.33 bits per heavy atom. The largest absolute Gasteiger partial charge is 0.465 e. The molecule has 0 spiro atoms. The minimum Gasteiger partial charge on any atom is -0.465 e. The first kappa shape index (κ1) is 12.0. The van der Waals surface area contributed by atoms with Gasteiger partial charge >= 0.3 is 5.97 Å². The van der Waals surface area contributed by atoms with Gasteiger partial charge in [-0.25, -0.2) is 4.79 Å². The number of aliphatic hydroxyl groups is 1. The SMILES string of the molecule is COC(=O)c1cc(Cl)oc1CC(O)OC. The van der Waals surface area contributed by atoms with Gasteiger partial charge in [-0.3, -0.25) is 0 Å². The van der Waals surface area contributed by atoms with Crippen molar-refractivity contribution in [3.8, 4) is 0 Å². The second-order valence-electron chi connectivity index (χ2n) is 2.77. The van der Waals surface area contributed by atoms with Crippen molar-refractivity contribution in [1.29, 1.82) is 0 Å². The van der Waals surface area contributed by atoms with E-state index in [1.807, 2.05) is 0 Å². The summed E-state index contributed by atoms with van der Waals surface area (Å²) in [4.78, 5) is 11.3. The summed E-state index contributed by atoms with van der Waals surface area (Å²) in [5, 5.41) is 9.29. The van der Waals surface area contributed by atoms with Crippen LogP contribution in [0.1, 0.15) is 16.1 Å². The fourth-order valence-corrected chi connectivity index (χ4v) is 1.27. The molecule has 0 bridgehead atoms. The van der Waals surface area contributed by atoms with Gasteiger partial charge in [0.15, 0.2) is 11.5 Å². The molecule has 0 aromatic carbocycles. The molecule has 1 aromatic rings. The average molecular weight is 235 g/mol. The number of esters is 1. The van der Waals surface area contributed by atoms with Gasteiger partial charge in [-0.15, -0.1) is 0 Å². The predicted octanol–water partition coefficient (Wildman–Crippen LogP) is 1.23. The molecule has 1 N–H and O–H groups in total. The molecular formula is C9H11ClO5. The van der Waals surface area contributed by atoms with E-state index in [4.69, 9.17) is 16.0 Å². The summed E-state index contributed by atoms with van der Waals surface area (Å²) in [5.41, 5.74) is 0.193. The van der Waals surface area contributed by atoms with Crippen molar-refractivity contribution in [1.82, 2.24) is 0 Å². The third kappa shape index (κ3) is 2.95. The van der Waals surface area contributed by atoms with Crippen LogP contribution in [0.3, 0.4) is 0 Å². The summed E-state index contributed by atoms with van der Waals surface area (Å²) in [6.45, 7) is 0. The number of hydrogen-bond acceptors (Lipinski definition) is 5. The Morgan fingerprint density at radius 3 is 2.87 bits per heavy atom. The molecule has 84 valence electrons. The van der Waals surface area contributed by atoms with Crippen LogP contribution in [0.25, 0.3) is 0 Å². The highest BCUT2D eigenvalue weighted by Gasteiger charge is 2.20. The summed E-state index contributed by atoms with van der Waals surface area (Å²) >= 11 is 5.60. The molecule has 0 saturated heterocycles. The van der Waals surface area contributed by atoms with Gasteiger partial charge < -0.3 is 19.0 Å². The lowest BCUT2D eigenvalue weighted by Crippen LogP contribution is -2.14. The number of carbonyl (C=O) groups is 1. The van der Waals surface area contributed by atoms with E-state index in [-0.39, 0.29) is 23.0 Å². The molecule has 15 heavy (non-hydrogen) atoms. The normalized spacial score (nSPS) is 12.5. The molecule has 0 fully saturated rings. The first-order valence-corrected chi connectivity index (χ1v) is 4.53. The van der Waals surface area contributed by atoms with Gasteiger partial charge in [0.2, 0.25) is 0 Å². The molecule has 0 aliphatic carbocycles. The van der Waals surface area contributed by atoms with Crippen LogP contribution in [-0.2, 0) is 15.9 Å². The topological polar surface area (TPSA) is 68.9 Å². The van der Waals surface area contributed by atoms with E-state index in [9.17, 15) is 9.90 Å². The molecule has 0 radical (unpaired) electrons. The van der Waals surface area contributed by atoms with Gasteiger partial charge in [0.05, 0.1) is 13.5 Å². The Balaban J connectivity index is 2.91. The van der Waals surface area contributed by atoms with Crippen LogP contribution < -0.4 is 0 Å². The number of halogens is 1. The maximum atomic E-state index is 11.3. The molecule has 1 aromatic heterocycles. The van der Waals surface area contributed by atoms with Crippen molar-refractivity contribution in [2.45, 2.75) is 12.7 Å². The smallest absolute Gasteiger partial charge is 0.341 e. The van der Waals surface area contributed by atoms with Crippen LogP contribution in [0.2, 0.25) is 5.22 Å². The highest BCUT2D eigenvalue weighted by atomic mass is 35.5. The lowest BCUT2D eigenvalue weighted by atomic mass is 10.2. The minimum atomic E-state index is -1.05. The van der Waals surface area contributed by atoms with Crippen molar-refractivity contribution in [3.05, 3.63) is 22.6 Å². The van der Waals surface area contributed by atoms with Crippen molar-refractivity contribution < 1.29 is 23.8 Å². The molecule has 1 atom stereocenters. The van der Waals surface area contributed by atoms with Gasteiger partial charge in [0, 0.05) is 13.2 Å². The van der Waals surface area contributed by atoms with Crippen molar-refractivity contribution >= 4 is 17.6 Å². The molecule has 1 unspecified atom stereocenters. The first-order valence-electron chi connectivity index (χ1n) is 4.16.